The van der Waals surface area contributed by atoms with E-state index < -0.39 is 0 Å². The van der Waals surface area contributed by atoms with Crippen LogP contribution in [0.2, 0.25) is 12.1 Å². The Bertz CT molecular complexity index is 209. The molecule has 0 spiro atoms. The Morgan fingerprint density at radius 2 is 0.727 bits per heavy atom. The molecule has 0 aliphatic heterocycles. The summed E-state index contributed by atoms with van der Waals surface area (Å²) in [6, 6.07) is 3.08. The third-order valence-electron chi connectivity index (χ3n) is 3.69. The van der Waals surface area contributed by atoms with Crippen LogP contribution in [0.3, 0.4) is 0 Å². The Hall–Kier alpha value is 0.354. The highest BCUT2D eigenvalue weighted by atomic mass is 28.2. The summed E-state index contributed by atoms with van der Waals surface area (Å²) in [4.78, 5) is 0. The first-order chi connectivity index (χ1) is 10.2. The average Bonchev–Trinajstić information content (AvgIpc) is 2.31. The lowest BCUT2D eigenvalue weighted by Gasteiger charge is -2.28. The first kappa shape index (κ1) is 22.4. The zero-order valence-electron chi connectivity index (χ0n) is 16.9. The van der Waals surface area contributed by atoms with Crippen molar-refractivity contribution in [3.63, 3.8) is 0 Å². The van der Waals surface area contributed by atoms with Crippen LogP contribution >= 0.6 is 0 Å². The van der Waals surface area contributed by atoms with Gasteiger partial charge in [0.05, 0.1) is 19.4 Å². The van der Waals surface area contributed by atoms with E-state index in [9.17, 15) is 0 Å². The van der Waals surface area contributed by atoms with E-state index in [0.717, 1.165) is 23.7 Å². The molecule has 0 aliphatic carbocycles. The molecule has 134 valence electrons. The molecule has 0 aliphatic rings. The molecule has 0 atom stereocenters. The van der Waals surface area contributed by atoms with Gasteiger partial charge in [0.25, 0.3) is 0 Å². The molecule has 0 aromatic rings. The van der Waals surface area contributed by atoms with Gasteiger partial charge in [0.1, 0.15) is 0 Å². The first-order valence-corrected chi connectivity index (χ1v) is 12.9. The lowest BCUT2D eigenvalue weighted by atomic mass is 10.2. The van der Waals surface area contributed by atoms with Crippen molar-refractivity contribution in [3.8, 4) is 0 Å². The number of nitrogens with zero attached hydrogens (tertiary/aromatic N) is 2. The van der Waals surface area contributed by atoms with Gasteiger partial charge in [-0.05, 0) is 49.9 Å². The normalized spacial score (nSPS) is 13.9. The molecule has 0 fully saturated rings. The van der Waals surface area contributed by atoms with Gasteiger partial charge in [-0.15, -0.1) is 0 Å². The molecule has 0 amide bonds. The van der Waals surface area contributed by atoms with Crippen molar-refractivity contribution in [2.75, 3.05) is 26.2 Å². The van der Waals surface area contributed by atoms with Crippen LogP contribution in [0.4, 0.5) is 0 Å². The van der Waals surface area contributed by atoms with E-state index >= 15 is 0 Å². The van der Waals surface area contributed by atoms with Gasteiger partial charge in [-0.3, -0.25) is 0 Å². The lowest BCUT2D eigenvalue weighted by Crippen LogP contribution is -2.37. The maximum absolute atomic E-state index is 2.83. The molecule has 4 heteroatoms. The van der Waals surface area contributed by atoms with E-state index in [1.165, 1.54) is 26.2 Å². The second-order valence-corrected chi connectivity index (χ2v) is 12.9. The molecule has 22 heavy (non-hydrogen) atoms. The minimum atomic E-state index is -0.0160. The van der Waals surface area contributed by atoms with E-state index in [1.54, 1.807) is 12.1 Å². The smallest absolute Gasteiger partial charge is 0.0948 e. The van der Waals surface area contributed by atoms with E-state index in [4.69, 9.17) is 0 Å². The summed E-state index contributed by atoms with van der Waals surface area (Å²) in [5.41, 5.74) is 0. The molecule has 0 rings (SSSR count). The number of hydrogen-bond donors (Lipinski definition) is 0. The maximum atomic E-state index is 2.83. The third kappa shape index (κ3) is 14.0. The standard InChI is InChI=1S/C18H44N2Si2/c1-15(2)11-19(12-16(3)4)21-9-10-22-20(13-17(5)6)14-18(7)8/h15-18H,9-14,21-22H2,1-8H3. The summed E-state index contributed by atoms with van der Waals surface area (Å²) >= 11 is 0. The van der Waals surface area contributed by atoms with Gasteiger partial charge in [-0.1, -0.05) is 67.5 Å². The molecule has 0 heterocycles. The van der Waals surface area contributed by atoms with Crippen molar-refractivity contribution in [2.45, 2.75) is 67.5 Å². The Morgan fingerprint density at radius 1 is 0.500 bits per heavy atom. The Kier molecular flexibility index (Phi) is 12.9. The van der Waals surface area contributed by atoms with E-state index in [-0.39, 0.29) is 19.4 Å². The average molecular weight is 345 g/mol. The minimum Gasteiger partial charge on any atom is -0.329 e. The predicted molar refractivity (Wildman–Crippen MR) is 109 cm³/mol. The van der Waals surface area contributed by atoms with Crippen molar-refractivity contribution in [2.24, 2.45) is 23.7 Å². The van der Waals surface area contributed by atoms with Gasteiger partial charge in [0, 0.05) is 0 Å². The summed E-state index contributed by atoms with van der Waals surface area (Å²) in [5, 5.41) is 0. The molecule has 0 aromatic heterocycles. The molecule has 0 saturated carbocycles. The van der Waals surface area contributed by atoms with Gasteiger partial charge in [-0.25, -0.2) is 0 Å². The highest BCUT2D eigenvalue weighted by Gasteiger charge is 2.12. The fraction of sp³-hybridized carbons (Fsp3) is 1.00. The fourth-order valence-corrected chi connectivity index (χ4v) is 8.73. The first-order valence-electron chi connectivity index (χ1n) is 9.65. The van der Waals surface area contributed by atoms with Crippen LogP contribution in [0, 0.1) is 23.7 Å². The van der Waals surface area contributed by atoms with Crippen LogP contribution in [0.1, 0.15) is 55.4 Å². The topological polar surface area (TPSA) is 6.48 Å². The zero-order chi connectivity index (χ0) is 17.1. The summed E-state index contributed by atoms with van der Waals surface area (Å²) in [6.45, 7) is 24.2. The maximum Gasteiger partial charge on any atom is 0.0948 e. The Labute approximate surface area is 146 Å². The molecular formula is C18H44N2Si2. The largest absolute Gasteiger partial charge is 0.329 e. The Morgan fingerprint density at radius 3 is 0.909 bits per heavy atom. The van der Waals surface area contributed by atoms with Crippen LogP contribution in [0.5, 0.6) is 0 Å². The quantitative estimate of drug-likeness (QED) is 0.374. The van der Waals surface area contributed by atoms with Gasteiger partial charge < -0.3 is 9.13 Å². The van der Waals surface area contributed by atoms with Crippen LogP contribution in [0.25, 0.3) is 0 Å². The van der Waals surface area contributed by atoms with Crippen molar-refractivity contribution in [1.82, 2.24) is 9.13 Å². The van der Waals surface area contributed by atoms with Crippen LogP contribution in [-0.4, -0.2) is 54.7 Å². The molecule has 0 unspecified atom stereocenters. The minimum absolute atomic E-state index is 0.0160. The van der Waals surface area contributed by atoms with Crippen molar-refractivity contribution in [1.29, 1.82) is 0 Å². The predicted octanol–water partition coefficient (Wildman–Crippen LogP) is 3.22. The number of hydrogen-bond acceptors (Lipinski definition) is 2. The van der Waals surface area contributed by atoms with Crippen LogP contribution in [-0.2, 0) is 0 Å². The third-order valence-corrected chi connectivity index (χ3v) is 8.62. The zero-order valence-corrected chi connectivity index (χ0v) is 19.7. The summed E-state index contributed by atoms with van der Waals surface area (Å²) in [7, 11) is -0.0319. The molecule has 0 radical (unpaired) electrons. The van der Waals surface area contributed by atoms with E-state index in [0.29, 0.717) is 0 Å². The second-order valence-electron chi connectivity index (χ2n) is 8.80. The molecule has 0 aromatic carbocycles. The SMILES string of the molecule is CC(C)CN(CC(C)C)[SiH2]CC[SiH2]N(CC(C)C)CC(C)C. The fourth-order valence-electron chi connectivity index (χ4n) is 3.25. The summed E-state index contributed by atoms with van der Waals surface area (Å²) in [6.07, 6.45) is 0. The van der Waals surface area contributed by atoms with E-state index in [1.807, 2.05) is 0 Å². The van der Waals surface area contributed by atoms with Gasteiger partial charge in [0.2, 0.25) is 0 Å². The molecule has 2 nitrogen and oxygen atoms in total. The molecule has 0 bridgehead atoms. The van der Waals surface area contributed by atoms with E-state index in [2.05, 4.69) is 64.5 Å². The van der Waals surface area contributed by atoms with Gasteiger partial charge in [0.15, 0.2) is 0 Å². The van der Waals surface area contributed by atoms with Crippen molar-refractivity contribution in [3.05, 3.63) is 0 Å². The molecule has 0 N–H and O–H groups in total. The monoisotopic (exact) mass is 344 g/mol. The van der Waals surface area contributed by atoms with Crippen LogP contribution < -0.4 is 0 Å². The van der Waals surface area contributed by atoms with Crippen molar-refractivity contribution >= 4 is 19.4 Å². The van der Waals surface area contributed by atoms with Crippen LogP contribution in [0.15, 0.2) is 0 Å². The highest BCUT2D eigenvalue weighted by Crippen LogP contribution is 2.07. The van der Waals surface area contributed by atoms with Gasteiger partial charge >= 0.3 is 0 Å². The van der Waals surface area contributed by atoms with Crippen molar-refractivity contribution < 1.29 is 0 Å². The lowest BCUT2D eigenvalue weighted by molar-refractivity contribution is 0.341. The van der Waals surface area contributed by atoms with Gasteiger partial charge in [-0.2, -0.15) is 0 Å². The number of rotatable bonds is 13. The Balaban J connectivity index is 4.10. The molecule has 0 saturated heterocycles. The summed E-state index contributed by atoms with van der Waals surface area (Å²) in [5.74, 6) is 3.28. The highest BCUT2D eigenvalue weighted by molar-refractivity contribution is 6.38. The summed E-state index contributed by atoms with van der Waals surface area (Å²) < 4.78 is 5.66. The molecular weight excluding hydrogens is 300 g/mol. The second kappa shape index (κ2) is 12.7.